The molecule has 0 fully saturated rings. The van der Waals surface area contributed by atoms with Crippen LogP contribution in [0.1, 0.15) is 28.6 Å². The molecule has 3 aromatic rings. The van der Waals surface area contributed by atoms with Crippen molar-refractivity contribution in [1.29, 1.82) is 0 Å². The number of carbonyl (C=O) groups is 1. The number of oxazole rings is 1. The largest absolute Gasteiger partial charge is 0.442 e. The number of nitrogens with zero attached hydrogens (tertiary/aromatic N) is 4. The highest BCUT2D eigenvalue weighted by Gasteiger charge is 2.20. The van der Waals surface area contributed by atoms with Crippen LogP contribution in [0.3, 0.4) is 0 Å². The van der Waals surface area contributed by atoms with Gasteiger partial charge >= 0.3 is 0 Å². The van der Waals surface area contributed by atoms with Crippen LogP contribution in [-0.4, -0.2) is 32.2 Å². The number of carbonyl (C=O) groups excluding carboxylic acids is 1. The van der Waals surface area contributed by atoms with Gasteiger partial charge in [0.2, 0.25) is 0 Å². The SMILES string of the molecule is O=C(NCCc1nnc2n1CCC2)c1ncoc1-c1cccs1. The molecule has 0 bridgehead atoms. The Balaban J connectivity index is 1.40. The lowest BCUT2D eigenvalue weighted by atomic mass is 10.2. The van der Waals surface area contributed by atoms with Gasteiger partial charge in [-0.15, -0.1) is 21.5 Å². The van der Waals surface area contributed by atoms with Crippen molar-refractivity contribution in [2.45, 2.75) is 25.8 Å². The van der Waals surface area contributed by atoms with Gasteiger partial charge in [-0.2, -0.15) is 0 Å². The van der Waals surface area contributed by atoms with E-state index in [4.69, 9.17) is 4.42 Å². The molecular formula is C15H15N5O2S. The highest BCUT2D eigenvalue weighted by atomic mass is 32.1. The van der Waals surface area contributed by atoms with Gasteiger partial charge in [0, 0.05) is 25.9 Å². The first kappa shape index (κ1) is 14.1. The van der Waals surface area contributed by atoms with Gasteiger partial charge < -0.3 is 14.3 Å². The molecule has 0 aromatic carbocycles. The first-order valence-corrected chi connectivity index (χ1v) is 8.37. The minimum atomic E-state index is -0.233. The fourth-order valence-electron chi connectivity index (χ4n) is 2.76. The van der Waals surface area contributed by atoms with E-state index in [0.29, 0.717) is 24.4 Å². The van der Waals surface area contributed by atoms with Crippen LogP contribution in [0.15, 0.2) is 28.3 Å². The quantitative estimate of drug-likeness (QED) is 0.773. The summed E-state index contributed by atoms with van der Waals surface area (Å²) in [6.45, 7) is 1.46. The van der Waals surface area contributed by atoms with Crippen molar-refractivity contribution in [2.24, 2.45) is 0 Å². The van der Waals surface area contributed by atoms with E-state index in [1.807, 2.05) is 17.5 Å². The molecule has 4 heterocycles. The molecule has 118 valence electrons. The maximum atomic E-state index is 12.3. The third-order valence-corrected chi connectivity index (χ3v) is 4.72. The number of thiophene rings is 1. The minimum absolute atomic E-state index is 0.233. The molecule has 4 rings (SSSR count). The van der Waals surface area contributed by atoms with E-state index in [1.165, 1.54) is 17.7 Å². The summed E-state index contributed by atoms with van der Waals surface area (Å²) in [5.74, 6) is 2.25. The number of hydrogen-bond acceptors (Lipinski definition) is 6. The third kappa shape index (κ3) is 2.65. The molecule has 0 saturated heterocycles. The molecule has 23 heavy (non-hydrogen) atoms. The van der Waals surface area contributed by atoms with Crippen molar-refractivity contribution >= 4 is 17.2 Å². The molecule has 0 unspecified atom stereocenters. The Morgan fingerprint density at radius 3 is 3.26 bits per heavy atom. The Hall–Kier alpha value is -2.48. The Bertz CT molecular complexity index is 821. The van der Waals surface area contributed by atoms with Gasteiger partial charge in [-0.1, -0.05) is 6.07 Å². The van der Waals surface area contributed by atoms with E-state index in [-0.39, 0.29) is 5.91 Å². The van der Waals surface area contributed by atoms with Gasteiger partial charge in [-0.3, -0.25) is 4.79 Å². The van der Waals surface area contributed by atoms with Crippen LogP contribution in [0.5, 0.6) is 0 Å². The van der Waals surface area contributed by atoms with Crippen LogP contribution >= 0.6 is 11.3 Å². The molecular weight excluding hydrogens is 314 g/mol. The predicted molar refractivity (Wildman–Crippen MR) is 84.2 cm³/mol. The maximum absolute atomic E-state index is 12.3. The number of aromatic nitrogens is 4. The van der Waals surface area contributed by atoms with E-state index >= 15 is 0 Å². The molecule has 7 nitrogen and oxygen atoms in total. The van der Waals surface area contributed by atoms with E-state index in [2.05, 4.69) is 25.1 Å². The number of hydrogen-bond donors (Lipinski definition) is 1. The first-order chi connectivity index (χ1) is 11.3. The standard InChI is InChI=1S/C15H15N5O2S/c21-15(13-14(22-9-17-13)10-3-2-8-23-10)16-6-5-12-19-18-11-4-1-7-20(11)12/h2-3,8-9H,1,4-7H2,(H,16,21). The van der Waals surface area contributed by atoms with Gasteiger partial charge in [0.05, 0.1) is 4.88 Å². The smallest absolute Gasteiger partial charge is 0.273 e. The van der Waals surface area contributed by atoms with Crippen molar-refractivity contribution in [3.63, 3.8) is 0 Å². The summed E-state index contributed by atoms with van der Waals surface area (Å²) in [6, 6.07) is 3.82. The minimum Gasteiger partial charge on any atom is -0.442 e. The average molecular weight is 329 g/mol. The number of nitrogens with one attached hydrogen (secondary N) is 1. The summed E-state index contributed by atoms with van der Waals surface area (Å²) in [4.78, 5) is 17.2. The number of fused-ring (bicyclic) bond motifs is 1. The van der Waals surface area contributed by atoms with Crippen molar-refractivity contribution in [3.8, 4) is 10.6 Å². The molecule has 0 aliphatic carbocycles. The molecule has 3 aromatic heterocycles. The van der Waals surface area contributed by atoms with E-state index in [9.17, 15) is 4.79 Å². The summed E-state index contributed by atoms with van der Waals surface area (Å²) < 4.78 is 7.49. The Morgan fingerprint density at radius 2 is 2.39 bits per heavy atom. The molecule has 8 heteroatoms. The summed E-state index contributed by atoms with van der Waals surface area (Å²) >= 11 is 1.51. The summed E-state index contributed by atoms with van der Waals surface area (Å²) in [6.07, 6.45) is 4.07. The van der Waals surface area contributed by atoms with Crippen LogP contribution in [0.25, 0.3) is 10.6 Å². The van der Waals surface area contributed by atoms with Crippen molar-refractivity contribution < 1.29 is 9.21 Å². The van der Waals surface area contributed by atoms with Gasteiger partial charge in [0.1, 0.15) is 11.6 Å². The monoisotopic (exact) mass is 329 g/mol. The molecule has 1 aliphatic heterocycles. The van der Waals surface area contributed by atoms with Gasteiger partial charge in [0.15, 0.2) is 17.8 Å². The molecule has 0 saturated carbocycles. The summed E-state index contributed by atoms with van der Waals surface area (Å²) in [5.41, 5.74) is 0.318. The fraction of sp³-hybridized carbons (Fsp3) is 0.333. The normalized spacial score (nSPS) is 13.2. The first-order valence-electron chi connectivity index (χ1n) is 7.49. The molecule has 1 N–H and O–H groups in total. The van der Waals surface area contributed by atoms with Crippen LogP contribution < -0.4 is 5.32 Å². The van der Waals surface area contributed by atoms with Gasteiger partial charge in [-0.25, -0.2) is 4.98 Å². The zero-order valence-corrected chi connectivity index (χ0v) is 13.2. The lowest BCUT2D eigenvalue weighted by Crippen LogP contribution is -2.27. The number of aryl methyl sites for hydroxylation is 1. The average Bonchev–Trinajstić information content (AvgIpc) is 3.31. The molecule has 0 radical (unpaired) electrons. The zero-order chi connectivity index (χ0) is 15.6. The molecule has 1 aliphatic rings. The van der Waals surface area contributed by atoms with Crippen LogP contribution in [0.2, 0.25) is 0 Å². The van der Waals surface area contributed by atoms with Crippen molar-refractivity contribution in [2.75, 3.05) is 6.54 Å². The Morgan fingerprint density at radius 1 is 1.43 bits per heavy atom. The van der Waals surface area contributed by atoms with Crippen LogP contribution in [0.4, 0.5) is 0 Å². The third-order valence-electron chi connectivity index (χ3n) is 3.85. The van der Waals surface area contributed by atoms with Gasteiger partial charge in [0.25, 0.3) is 5.91 Å². The topological polar surface area (TPSA) is 85.8 Å². The highest BCUT2D eigenvalue weighted by Crippen LogP contribution is 2.27. The summed E-state index contributed by atoms with van der Waals surface area (Å²) in [7, 11) is 0. The van der Waals surface area contributed by atoms with Crippen LogP contribution in [0, 0.1) is 0 Å². The Kier molecular flexibility index (Phi) is 3.66. The van der Waals surface area contributed by atoms with E-state index in [1.54, 1.807) is 0 Å². The molecule has 0 spiro atoms. The van der Waals surface area contributed by atoms with Gasteiger partial charge in [-0.05, 0) is 17.9 Å². The van der Waals surface area contributed by atoms with Crippen molar-refractivity contribution in [1.82, 2.24) is 25.1 Å². The number of amides is 1. The second-order valence-electron chi connectivity index (χ2n) is 5.30. The van der Waals surface area contributed by atoms with E-state index < -0.39 is 0 Å². The maximum Gasteiger partial charge on any atom is 0.273 e. The van der Waals surface area contributed by atoms with E-state index in [0.717, 1.165) is 35.9 Å². The lowest BCUT2D eigenvalue weighted by molar-refractivity contribution is 0.0950. The lowest BCUT2D eigenvalue weighted by Gasteiger charge is -2.05. The highest BCUT2D eigenvalue weighted by molar-refractivity contribution is 7.13. The molecule has 1 amide bonds. The Labute approximate surface area is 136 Å². The second-order valence-corrected chi connectivity index (χ2v) is 6.25. The van der Waals surface area contributed by atoms with Crippen LogP contribution in [-0.2, 0) is 19.4 Å². The van der Waals surface area contributed by atoms with Crippen molar-refractivity contribution in [3.05, 3.63) is 41.2 Å². The summed E-state index contributed by atoms with van der Waals surface area (Å²) in [5, 5.41) is 13.2. The number of rotatable bonds is 5. The predicted octanol–water partition coefficient (Wildman–Crippen LogP) is 1.91. The zero-order valence-electron chi connectivity index (χ0n) is 12.4. The molecule has 0 atom stereocenters. The second kappa shape index (κ2) is 5.96. The fourth-order valence-corrected chi connectivity index (χ4v) is 3.47.